The fraction of sp³-hybridized carbons (Fsp3) is 0.562. The van der Waals surface area contributed by atoms with Gasteiger partial charge in [-0.25, -0.2) is 4.79 Å². The molecule has 104 valence electrons. The molecule has 2 amide bonds. The molecule has 3 heteroatoms. The lowest BCUT2D eigenvalue weighted by molar-refractivity contribution is 0.235. The molecule has 0 atom stereocenters. The van der Waals surface area contributed by atoms with Gasteiger partial charge in [0.15, 0.2) is 0 Å². The topological polar surface area (TPSA) is 41.1 Å². The Kier molecular flexibility index (Phi) is 5.25. The average molecular weight is 260 g/mol. The monoisotopic (exact) mass is 260 g/mol. The quantitative estimate of drug-likeness (QED) is 0.802. The zero-order chi connectivity index (χ0) is 13.5. The minimum Gasteiger partial charge on any atom is -0.335 e. The summed E-state index contributed by atoms with van der Waals surface area (Å²) in [4.78, 5) is 11.9. The highest BCUT2D eigenvalue weighted by atomic mass is 16.2. The number of hydrogen-bond acceptors (Lipinski definition) is 1. The molecule has 1 saturated carbocycles. The molecular formula is C16H24N2O. The van der Waals surface area contributed by atoms with Crippen LogP contribution in [0.15, 0.2) is 24.3 Å². The number of carbonyl (C=O) groups excluding carboxylic acids is 1. The molecule has 3 nitrogen and oxygen atoms in total. The predicted molar refractivity (Wildman–Crippen MR) is 78.0 cm³/mol. The number of amides is 2. The molecule has 0 radical (unpaired) electrons. The maximum atomic E-state index is 11.9. The normalized spacial score (nSPS) is 16.7. The van der Waals surface area contributed by atoms with Crippen molar-refractivity contribution in [3.05, 3.63) is 35.4 Å². The van der Waals surface area contributed by atoms with Gasteiger partial charge in [0.05, 0.1) is 0 Å². The third-order valence-electron chi connectivity index (χ3n) is 3.73. The fourth-order valence-electron chi connectivity index (χ4n) is 2.66. The number of carbonyl (C=O) groups is 1. The largest absolute Gasteiger partial charge is 0.335 e. The highest BCUT2D eigenvalue weighted by Gasteiger charge is 2.14. The first kappa shape index (κ1) is 13.9. The number of nitrogens with one attached hydrogen (secondary N) is 2. The van der Waals surface area contributed by atoms with Gasteiger partial charge < -0.3 is 10.6 Å². The Morgan fingerprint density at radius 2 is 1.95 bits per heavy atom. The van der Waals surface area contributed by atoms with Gasteiger partial charge in [0, 0.05) is 12.6 Å². The van der Waals surface area contributed by atoms with Gasteiger partial charge in [0.25, 0.3) is 0 Å². The van der Waals surface area contributed by atoms with Gasteiger partial charge >= 0.3 is 6.03 Å². The van der Waals surface area contributed by atoms with Crippen LogP contribution in [-0.4, -0.2) is 12.1 Å². The van der Waals surface area contributed by atoms with Crippen molar-refractivity contribution in [3.63, 3.8) is 0 Å². The Morgan fingerprint density at radius 1 is 1.21 bits per heavy atom. The molecule has 0 spiro atoms. The molecule has 1 aliphatic carbocycles. The molecule has 0 aromatic heterocycles. The van der Waals surface area contributed by atoms with Crippen LogP contribution in [0.4, 0.5) is 4.79 Å². The van der Waals surface area contributed by atoms with Crippen molar-refractivity contribution in [2.45, 2.75) is 58.0 Å². The van der Waals surface area contributed by atoms with E-state index in [-0.39, 0.29) is 6.03 Å². The van der Waals surface area contributed by atoms with Crippen LogP contribution in [0.2, 0.25) is 0 Å². The second kappa shape index (κ2) is 7.17. The van der Waals surface area contributed by atoms with Crippen molar-refractivity contribution in [2.75, 3.05) is 0 Å². The van der Waals surface area contributed by atoms with Crippen LogP contribution in [0.25, 0.3) is 0 Å². The highest BCUT2D eigenvalue weighted by Crippen LogP contribution is 2.17. The van der Waals surface area contributed by atoms with Crippen LogP contribution in [0.5, 0.6) is 0 Å². The van der Waals surface area contributed by atoms with Gasteiger partial charge in [0.1, 0.15) is 0 Å². The molecule has 1 fully saturated rings. The van der Waals surface area contributed by atoms with E-state index in [9.17, 15) is 4.79 Å². The molecular weight excluding hydrogens is 236 g/mol. The van der Waals surface area contributed by atoms with Gasteiger partial charge in [-0.2, -0.15) is 0 Å². The van der Waals surface area contributed by atoms with Crippen molar-refractivity contribution in [1.82, 2.24) is 10.6 Å². The molecule has 0 aliphatic heterocycles. The van der Waals surface area contributed by atoms with E-state index in [4.69, 9.17) is 0 Å². The summed E-state index contributed by atoms with van der Waals surface area (Å²) in [7, 11) is 0. The second-order valence-electron chi connectivity index (χ2n) is 5.50. The minimum atomic E-state index is -0.0339. The third kappa shape index (κ3) is 4.93. The van der Waals surface area contributed by atoms with E-state index in [1.807, 2.05) is 12.1 Å². The van der Waals surface area contributed by atoms with E-state index < -0.39 is 0 Å². The summed E-state index contributed by atoms with van der Waals surface area (Å²) in [5, 5.41) is 6.04. The van der Waals surface area contributed by atoms with E-state index in [1.54, 1.807) is 0 Å². The van der Waals surface area contributed by atoms with E-state index in [1.165, 1.54) is 31.2 Å². The lowest BCUT2D eigenvalue weighted by Gasteiger charge is -2.16. The lowest BCUT2D eigenvalue weighted by Crippen LogP contribution is -2.41. The molecule has 2 rings (SSSR count). The fourth-order valence-corrected chi connectivity index (χ4v) is 2.66. The second-order valence-corrected chi connectivity index (χ2v) is 5.50. The molecule has 0 bridgehead atoms. The minimum absolute atomic E-state index is 0.0339. The van der Waals surface area contributed by atoms with E-state index in [0.717, 1.165) is 18.4 Å². The number of hydrogen-bond donors (Lipinski definition) is 2. The van der Waals surface area contributed by atoms with Crippen LogP contribution in [0.1, 0.15) is 49.7 Å². The maximum Gasteiger partial charge on any atom is 0.315 e. The summed E-state index contributed by atoms with van der Waals surface area (Å²) < 4.78 is 0. The Hall–Kier alpha value is -1.51. The maximum absolute atomic E-state index is 11.9. The average Bonchev–Trinajstić information content (AvgIpc) is 2.65. The van der Waals surface area contributed by atoms with Gasteiger partial charge in [-0.3, -0.25) is 0 Å². The number of aryl methyl sites for hydroxylation is 1. The van der Waals surface area contributed by atoms with Crippen LogP contribution in [0, 0.1) is 6.92 Å². The molecule has 0 saturated heterocycles. The third-order valence-corrected chi connectivity index (χ3v) is 3.73. The van der Waals surface area contributed by atoms with Crippen LogP contribution >= 0.6 is 0 Å². The van der Waals surface area contributed by atoms with Gasteiger partial charge in [0.2, 0.25) is 0 Å². The standard InChI is InChI=1S/C16H24N2O/c1-13-7-6-8-14(11-13)12-17-16(19)18-15-9-4-2-3-5-10-15/h6-8,11,15H,2-5,9-10,12H2,1H3,(H2,17,18,19). The summed E-state index contributed by atoms with van der Waals surface area (Å²) in [5.74, 6) is 0. The Labute approximate surface area is 115 Å². The summed E-state index contributed by atoms with van der Waals surface area (Å²) in [5.41, 5.74) is 2.37. The van der Waals surface area contributed by atoms with E-state index in [0.29, 0.717) is 12.6 Å². The van der Waals surface area contributed by atoms with Crippen LogP contribution in [0.3, 0.4) is 0 Å². The smallest absolute Gasteiger partial charge is 0.315 e. The molecule has 1 aliphatic rings. The molecule has 1 aromatic carbocycles. The van der Waals surface area contributed by atoms with E-state index in [2.05, 4.69) is 29.7 Å². The molecule has 2 N–H and O–H groups in total. The van der Waals surface area contributed by atoms with Crippen molar-refractivity contribution in [1.29, 1.82) is 0 Å². The Bertz CT molecular complexity index is 409. The van der Waals surface area contributed by atoms with E-state index >= 15 is 0 Å². The van der Waals surface area contributed by atoms with Crippen molar-refractivity contribution in [2.24, 2.45) is 0 Å². The summed E-state index contributed by atoms with van der Waals surface area (Å²) in [6, 6.07) is 8.56. The highest BCUT2D eigenvalue weighted by molar-refractivity contribution is 5.74. The van der Waals surface area contributed by atoms with Crippen LogP contribution < -0.4 is 10.6 Å². The van der Waals surface area contributed by atoms with Crippen molar-refractivity contribution in [3.8, 4) is 0 Å². The van der Waals surface area contributed by atoms with Crippen LogP contribution in [-0.2, 0) is 6.54 Å². The first-order valence-corrected chi connectivity index (χ1v) is 7.34. The summed E-state index contributed by atoms with van der Waals surface area (Å²) >= 11 is 0. The van der Waals surface area contributed by atoms with Gasteiger partial charge in [-0.05, 0) is 25.3 Å². The Balaban J connectivity index is 1.74. The lowest BCUT2D eigenvalue weighted by atomic mass is 10.1. The SMILES string of the molecule is Cc1cccc(CNC(=O)NC2CCCCCC2)c1. The summed E-state index contributed by atoms with van der Waals surface area (Å²) in [6.45, 7) is 2.66. The number of urea groups is 1. The molecule has 1 aromatic rings. The van der Waals surface area contributed by atoms with Gasteiger partial charge in [-0.1, -0.05) is 55.5 Å². The number of benzene rings is 1. The first-order valence-electron chi connectivity index (χ1n) is 7.34. The van der Waals surface area contributed by atoms with Crippen molar-refractivity contribution < 1.29 is 4.79 Å². The summed E-state index contributed by atoms with van der Waals surface area (Å²) in [6.07, 6.45) is 7.34. The number of rotatable bonds is 3. The molecule has 19 heavy (non-hydrogen) atoms. The Morgan fingerprint density at radius 3 is 2.63 bits per heavy atom. The molecule has 0 heterocycles. The van der Waals surface area contributed by atoms with Crippen molar-refractivity contribution >= 4 is 6.03 Å². The predicted octanol–water partition coefficient (Wildman–Crippen LogP) is 3.52. The zero-order valence-electron chi connectivity index (χ0n) is 11.7. The van der Waals surface area contributed by atoms with Gasteiger partial charge in [-0.15, -0.1) is 0 Å². The first-order chi connectivity index (χ1) is 9.24. The zero-order valence-corrected chi connectivity index (χ0v) is 11.7. The molecule has 0 unspecified atom stereocenters.